The Balaban J connectivity index is 2.54. The van der Waals surface area contributed by atoms with Crippen LogP contribution >= 0.6 is 0 Å². The minimum absolute atomic E-state index is 0.0136. The molecule has 0 heterocycles. The van der Waals surface area contributed by atoms with Crippen LogP contribution in [0.4, 0.5) is 5.69 Å². The van der Waals surface area contributed by atoms with Crippen molar-refractivity contribution in [1.82, 2.24) is 0 Å². The summed E-state index contributed by atoms with van der Waals surface area (Å²) in [5, 5.41) is 10.5. The highest BCUT2D eigenvalue weighted by atomic mass is 16.6. The number of esters is 1. The molecule has 6 nitrogen and oxygen atoms in total. The van der Waals surface area contributed by atoms with Crippen LogP contribution in [0.15, 0.2) is 24.3 Å². The molecular formula is C13H18N2O4. The lowest BCUT2D eigenvalue weighted by Gasteiger charge is -2.12. The Labute approximate surface area is 111 Å². The third kappa shape index (κ3) is 5.05. The maximum Gasteiger partial charge on any atom is 0.323 e. The summed E-state index contributed by atoms with van der Waals surface area (Å²) in [4.78, 5) is 21.6. The summed E-state index contributed by atoms with van der Waals surface area (Å²) in [7, 11) is 0. The third-order valence-electron chi connectivity index (χ3n) is 2.46. The van der Waals surface area contributed by atoms with Crippen LogP contribution in [0, 0.1) is 16.0 Å². The number of carbonyl (C=O) groups is 1. The Bertz CT molecular complexity index is 442. The molecule has 1 rings (SSSR count). The molecule has 1 aromatic carbocycles. The highest BCUT2D eigenvalue weighted by molar-refractivity contribution is 5.75. The van der Waals surface area contributed by atoms with Gasteiger partial charge in [-0.1, -0.05) is 26.0 Å². The molecule has 2 N–H and O–H groups in total. The molecule has 0 amide bonds. The van der Waals surface area contributed by atoms with E-state index in [9.17, 15) is 14.9 Å². The van der Waals surface area contributed by atoms with Gasteiger partial charge >= 0.3 is 5.97 Å². The van der Waals surface area contributed by atoms with Crippen LogP contribution in [0.2, 0.25) is 0 Å². The van der Waals surface area contributed by atoms with Crippen molar-refractivity contribution >= 4 is 11.7 Å². The van der Waals surface area contributed by atoms with Crippen LogP contribution in [0.1, 0.15) is 19.4 Å². The van der Waals surface area contributed by atoms with Gasteiger partial charge in [0, 0.05) is 12.1 Å². The molecule has 0 bridgehead atoms. The number of nitro groups is 1. The van der Waals surface area contributed by atoms with Crippen LogP contribution < -0.4 is 5.73 Å². The van der Waals surface area contributed by atoms with Crippen molar-refractivity contribution in [2.45, 2.75) is 26.3 Å². The zero-order chi connectivity index (χ0) is 14.4. The van der Waals surface area contributed by atoms with E-state index < -0.39 is 16.9 Å². The van der Waals surface area contributed by atoms with E-state index in [2.05, 4.69) is 0 Å². The van der Waals surface area contributed by atoms with Crippen LogP contribution in [0.5, 0.6) is 0 Å². The molecule has 0 aliphatic carbocycles. The molecule has 1 aromatic rings. The number of nitrogens with zero attached hydrogens (tertiary/aromatic N) is 1. The zero-order valence-corrected chi connectivity index (χ0v) is 11.0. The van der Waals surface area contributed by atoms with Gasteiger partial charge in [0.1, 0.15) is 6.04 Å². The average Bonchev–Trinajstić information content (AvgIpc) is 2.36. The van der Waals surface area contributed by atoms with Crippen molar-refractivity contribution in [3.63, 3.8) is 0 Å². The smallest absolute Gasteiger partial charge is 0.323 e. The maximum absolute atomic E-state index is 11.6. The number of non-ortho nitro benzene ring substituents is 1. The molecule has 1 atom stereocenters. The number of ether oxygens (including phenoxy) is 1. The first-order valence-corrected chi connectivity index (χ1v) is 6.05. The van der Waals surface area contributed by atoms with E-state index in [1.54, 1.807) is 12.1 Å². The monoisotopic (exact) mass is 266 g/mol. The van der Waals surface area contributed by atoms with E-state index in [4.69, 9.17) is 10.5 Å². The van der Waals surface area contributed by atoms with Crippen molar-refractivity contribution < 1.29 is 14.5 Å². The predicted octanol–water partition coefficient (Wildman–Crippen LogP) is 1.66. The summed E-state index contributed by atoms with van der Waals surface area (Å²) in [6, 6.07) is 5.21. The first kappa shape index (κ1) is 15.1. The number of carbonyl (C=O) groups excluding carboxylic acids is 1. The molecule has 0 spiro atoms. The van der Waals surface area contributed by atoms with Gasteiger partial charge in [0.25, 0.3) is 5.69 Å². The standard InChI is InChI=1S/C13H18N2O4/c1-9(2)8-19-13(16)12(14)7-10-3-5-11(6-4-10)15(17)18/h3-6,9,12H,7-8,14H2,1-2H3. The molecule has 6 heteroatoms. The van der Waals surface area contributed by atoms with Crippen LogP contribution in [-0.2, 0) is 16.0 Å². The number of nitrogens with two attached hydrogens (primary N) is 1. The second-order valence-corrected chi connectivity index (χ2v) is 4.76. The molecule has 0 fully saturated rings. The third-order valence-corrected chi connectivity index (χ3v) is 2.46. The second kappa shape index (κ2) is 6.84. The summed E-state index contributed by atoms with van der Waals surface area (Å²) in [5.41, 5.74) is 6.50. The SMILES string of the molecule is CC(C)COC(=O)C(N)Cc1ccc([N+](=O)[O-])cc1. The van der Waals surface area contributed by atoms with E-state index >= 15 is 0 Å². The van der Waals surface area contributed by atoms with Gasteiger partial charge in [0.15, 0.2) is 0 Å². The molecule has 0 radical (unpaired) electrons. The number of rotatable bonds is 6. The van der Waals surface area contributed by atoms with Gasteiger partial charge in [0.2, 0.25) is 0 Å². The Morgan fingerprint density at radius 2 is 1.95 bits per heavy atom. The first-order valence-electron chi connectivity index (χ1n) is 6.05. The van der Waals surface area contributed by atoms with Crippen LogP contribution in [0.3, 0.4) is 0 Å². The number of hydrogen-bond acceptors (Lipinski definition) is 5. The summed E-state index contributed by atoms with van der Waals surface area (Å²) in [5.74, 6) is -0.192. The lowest BCUT2D eigenvalue weighted by molar-refractivity contribution is -0.384. The normalized spacial score (nSPS) is 12.2. The van der Waals surface area contributed by atoms with Gasteiger partial charge in [-0.25, -0.2) is 0 Å². The van der Waals surface area contributed by atoms with Gasteiger partial charge in [0.05, 0.1) is 11.5 Å². The van der Waals surface area contributed by atoms with Crippen LogP contribution in [-0.4, -0.2) is 23.5 Å². The van der Waals surface area contributed by atoms with Gasteiger partial charge in [-0.3, -0.25) is 14.9 Å². The molecule has 0 aliphatic heterocycles. The lowest BCUT2D eigenvalue weighted by Crippen LogP contribution is -2.35. The fraction of sp³-hybridized carbons (Fsp3) is 0.462. The van der Waals surface area contributed by atoms with Crippen molar-refractivity contribution in [2.24, 2.45) is 11.7 Å². The Morgan fingerprint density at radius 3 is 2.42 bits per heavy atom. The summed E-state index contributed by atoms with van der Waals surface area (Å²) in [6.07, 6.45) is 0.301. The Morgan fingerprint density at radius 1 is 1.37 bits per heavy atom. The zero-order valence-electron chi connectivity index (χ0n) is 11.0. The predicted molar refractivity (Wildman–Crippen MR) is 70.6 cm³/mol. The molecule has 104 valence electrons. The van der Waals surface area contributed by atoms with Crippen molar-refractivity contribution in [2.75, 3.05) is 6.61 Å². The highest BCUT2D eigenvalue weighted by Crippen LogP contribution is 2.13. The topological polar surface area (TPSA) is 95.5 Å². The summed E-state index contributed by atoms with van der Waals surface area (Å²) >= 11 is 0. The number of benzene rings is 1. The lowest BCUT2D eigenvalue weighted by atomic mass is 10.1. The Kier molecular flexibility index (Phi) is 5.44. The summed E-state index contributed by atoms with van der Waals surface area (Å²) in [6.45, 7) is 4.22. The van der Waals surface area contributed by atoms with Crippen molar-refractivity contribution in [3.8, 4) is 0 Å². The molecule has 19 heavy (non-hydrogen) atoms. The fourth-order valence-corrected chi connectivity index (χ4v) is 1.45. The van der Waals surface area contributed by atoms with Gasteiger partial charge < -0.3 is 10.5 Å². The molecular weight excluding hydrogens is 248 g/mol. The molecule has 0 saturated heterocycles. The molecule has 0 saturated carbocycles. The van der Waals surface area contributed by atoms with Crippen molar-refractivity contribution in [3.05, 3.63) is 39.9 Å². The number of nitro benzene ring substituents is 1. The largest absolute Gasteiger partial charge is 0.464 e. The van der Waals surface area contributed by atoms with Gasteiger partial charge in [-0.15, -0.1) is 0 Å². The fourth-order valence-electron chi connectivity index (χ4n) is 1.45. The number of hydrogen-bond donors (Lipinski definition) is 1. The van der Waals surface area contributed by atoms with E-state index in [1.807, 2.05) is 13.8 Å². The molecule has 0 aliphatic rings. The maximum atomic E-state index is 11.6. The Hall–Kier alpha value is -1.95. The minimum Gasteiger partial charge on any atom is -0.464 e. The second-order valence-electron chi connectivity index (χ2n) is 4.76. The highest BCUT2D eigenvalue weighted by Gasteiger charge is 2.16. The van der Waals surface area contributed by atoms with Crippen LogP contribution in [0.25, 0.3) is 0 Å². The van der Waals surface area contributed by atoms with E-state index in [0.29, 0.717) is 13.0 Å². The quantitative estimate of drug-likeness (QED) is 0.480. The van der Waals surface area contributed by atoms with E-state index in [0.717, 1.165) is 5.56 Å². The average molecular weight is 266 g/mol. The summed E-state index contributed by atoms with van der Waals surface area (Å²) < 4.78 is 5.03. The molecule has 0 aromatic heterocycles. The minimum atomic E-state index is -0.750. The van der Waals surface area contributed by atoms with E-state index in [1.165, 1.54) is 12.1 Å². The first-order chi connectivity index (χ1) is 8.90. The molecule has 1 unspecified atom stereocenters. The van der Waals surface area contributed by atoms with Gasteiger partial charge in [-0.2, -0.15) is 0 Å². The van der Waals surface area contributed by atoms with E-state index in [-0.39, 0.29) is 11.6 Å². The van der Waals surface area contributed by atoms with Crippen molar-refractivity contribution in [1.29, 1.82) is 0 Å². The van der Waals surface area contributed by atoms with Gasteiger partial charge in [-0.05, 0) is 17.9 Å².